The van der Waals surface area contributed by atoms with Gasteiger partial charge in [0.05, 0.1) is 18.4 Å². The van der Waals surface area contributed by atoms with Crippen LogP contribution in [0.1, 0.15) is 47.5 Å². The average Bonchev–Trinajstić information content (AvgIpc) is 3.30. The number of likely N-dealkylation sites (tertiary alicyclic amines) is 2. The Morgan fingerprint density at radius 2 is 1.84 bits per heavy atom. The van der Waals surface area contributed by atoms with Crippen LogP contribution in [0.3, 0.4) is 0 Å². The van der Waals surface area contributed by atoms with Crippen LogP contribution in [0.4, 0.5) is 18.9 Å². The van der Waals surface area contributed by atoms with E-state index in [2.05, 4.69) is 26.7 Å². The summed E-state index contributed by atoms with van der Waals surface area (Å²) in [5, 5.41) is 1.03. The molecule has 38 heavy (non-hydrogen) atoms. The fourth-order valence-corrected chi connectivity index (χ4v) is 5.36. The number of nitrogens with two attached hydrogens (primary N) is 1. The Hall–Kier alpha value is -3.47. The molecule has 3 N–H and O–H groups in total. The standard InChI is InChI=1S/C27H32F3N5O3/c1-34-8-4-17(5-9-34)16-37-20-12-22-23(15-33-25(22)32-14-20)18-6-10-35(11-7-18)26(36)21-3-2-19(13-24(21)31)38-27(28,29)30/h2-3,12-15,17-18H,4-11,16,31H2,1H3,(H,32,33). The highest BCUT2D eigenvalue weighted by atomic mass is 19.4. The van der Waals surface area contributed by atoms with Gasteiger partial charge in [-0.15, -0.1) is 13.2 Å². The van der Waals surface area contributed by atoms with Crippen molar-refractivity contribution < 1.29 is 27.4 Å². The number of carbonyl (C=O) groups is 1. The number of hydrogen-bond acceptors (Lipinski definition) is 6. The molecule has 1 aromatic carbocycles. The minimum Gasteiger partial charge on any atom is -0.492 e. The summed E-state index contributed by atoms with van der Waals surface area (Å²) < 4.78 is 47.4. The molecular weight excluding hydrogens is 499 g/mol. The molecule has 11 heteroatoms. The summed E-state index contributed by atoms with van der Waals surface area (Å²) in [5.74, 6) is 0.798. The maximum atomic E-state index is 13.0. The number of nitrogens with one attached hydrogen (secondary N) is 1. The Bertz CT molecular complexity index is 1280. The van der Waals surface area contributed by atoms with Crippen molar-refractivity contribution in [3.63, 3.8) is 0 Å². The summed E-state index contributed by atoms with van der Waals surface area (Å²) in [6.07, 6.45) is 2.68. The van der Waals surface area contributed by atoms with Crippen LogP contribution in [0.25, 0.3) is 11.0 Å². The van der Waals surface area contributed by atoms with Crippen molar-refractivity contribution in [1.29, 1.82) is 0 Å². The number of pyridine rings is 1. The monoisotopic (exact) mass is 531 g/mol. The van der Waals surface area contributed by atoms with E-state index in [1.165, 1.54) is 6.07 Å². The molecule has 5 rings (SSSR count). The SMILES string of the molecule is CN1CCC(COc2cnc3[nH]cc(C4CCN(C(=O)c5ccc(OC(F)(F)F)cc5N)CC4)c3c2)CC1. The van der Waals surface area contributed by atoms with Gasteiger partial charge in [0.15, 0.2) is 0 Å². The van der Waals surface area contributed by atoms with Gasteiger partial charge in [-0.3, -0.25) is 4.79 Å². The van der Waals surface area contributed by atoms with E-state index in [9.17, 15) is 18.0 Å². The van der Waals surface area contributed by atoms with Crippen molar-refractivity contribution >= 4 is 22.6 Å². The van der Waals surface area contributed by atoms with Crippen molar-refractivity contribution in [3.05, 3.63) is 47.8 Å². The lowest BCUT2D eigenvalue weighted by atomic mass is 9.89. The largest absolute Gasteiger partial charge is 0.573 e. The molecule has 4 heterocycles. The van der Waals surface area contributed by atoms with Crippen LogP contribution in [0.5, 0.6) is 11.5 Å². The second-order valence-corrected chi connectivity index (χ2v) is 10.2. The molecule has 0 aliphatic carbocycles. The van der Waals surface area contributed by atoms with Gasteiger partial charge < -0.3 is 30.0 Å². The van der Waals surface area contributed by atoms with Crippen LogP contribution in [0, 0.1) is 5.92 Å². The minimum atomic E-state index is -4.82. The first kappa shape index (κ1) is 26.1. The van der Waals surface area contributed by atoms with Crippen LogP contribution < -0.4 is 15.2 Å². The highest BCUT2D eigenvalue weighted by molar-refractivity contribution is 5.99. The third-order valence-corrected chi connectivity index (χ3v) is 7.57. The highest BCUT2D eigenvalue weighted by Crippen LogP contribution is 2.35. The number of nitrogens with zero attached hydrogens (tertiary/aromatic N) is 3. The molecule has 0 radical (unpaired) electrons. The molecule has 2 fully saturated rings. The number of amides is 1. The van der Waals surface area contributed by atoms with Gasteiger partial charge in [-0.2, -0.15) is 0 Å². The fourth-order valence-electron chi connectivity index (χ4n) is 5.36. The third-order valence-electron chi connectivity index (χ3n) is 7.57. The lowest BCUT2D eigenvalue weighted by molar-refractivity contribution is -0.274. The second-order valence-electron chi connectivity index (χ2n) is 10.2. The van der Waals surface area contributed by atoms with Crippen LogP contribution in [-0.2, 0) is 0 Å². The van der Waals surface area contributed by atoms with Gasteiger partial charge in [0.25, 0.3) is 5.91 Å². The lowest BCUT2D eigenvalue weighted by Gasteiger charge is -2.32. The number of anilines is 1. The third kappa shape index (κ3) is 5.98. The van der Waals surface area contributed by atoms with Crippen molar-refractivity contribution in [2.75, 3.05) is 45.6 Å². The van der Waals surface area contributed by atoms with E-state index in [4.69, 9.17) is 10.5 Å². The molecule has 0 unspecified atom stereocenters. The molecule has 1 amide bonds. The lowest BCUT2D eigenvalue weighted by Crippen LogP contribution is -2.38. The molecule has 0 atom stereocenters. The van der Waals surface area contributed by atoms with Crippen molar-refractivity contribution in [3.8, 4) is 11.5 Å². The summed E-state index contributed by atoms with van der Waals surface area (Å²) in [6.45, 7) is 3.90. The Kier molecular flexibility index (Phi) is 7.38. The quantitative estimate of drug-likeness (QED) is 0.445. The van der Waals surface area contributed by atoms with Gasteiger partial charge in [0.1, 0.15) is 17.1 Å². The molecule has 2 aliphatic rings. The maximum absolute atomic E-state index is 13.0. The number of H-pyrrole nitrogens is 1. The number of halogens is 3. The van der Waals surface area contributed by atoms with E-state index in [1.54, 1.807) is 11.1 Å². The van der Waals surface area contributed by atoms with Gasteiger partial charge in [-0.1, -0.05) is 0 Å². The van der Waals surface area contributed by atoms with E-state index in [0.717, 1.165) is 73.3 Å². The number of alkyl halides is 3. The van der Waals surface area contributed by atoms with Crippen molar-refractivity contribution in [2.45, 2.75) is 38.0 Å². The van der Waals surface area contributed by atoms with E-state index in [0.29, 0.717) is 25.6 Å². The Morgan fingerprint density at radius 1 is 1.11 bits per heavy atom. The molecule has 2 saturated heterocycles. The molecule has 2 aliphatic heterocycles. The van der Waals surface area contributed by atoms with Crippen LogP contribution >= 0.6 is 0 Å². The normalized spacial score (nSPS) is 18.2. The molecule has 0 bridgehead atoms. The Balaban J connectivity index is 1.21. The molecule has 8 nitrogen and oxygen atoms in total. The predicted octanol–water partition coefficient (Wildman–Crippen LogP) is 4.78. The first-order valence-corrected chi connectivity index (χ1v) is 12.9. The maximum Gasteiger partial charge on any atom is 0.573 e. The van der Waals surface area contributed by atoms with E-state index >= 15 is 0 Å². The van der Waals surface area contributed by atoms with Gasteiger partial charge in [-0.05, 0) is 81.4 Å². The zero-order valence-electron chi connectivity index (χ0n) is 21.3. The number of nitrogen functional groups attached to an aromatic ring is 1. The fraction of sp³-hybridized carbons (Fsp3) is 0.481. The second kappa shape index (κ2) is 10.7. The van der Waals surface area contributed by atoms with Gasteiger partial charge in [-0.25, -0.2) is 4.98 Å². The average molecular weight is 532 g/mol. The number of carbonyl (C=O) groups excluding carboxylic acids is 1. The van der Waals surface area contributed by atoms with Gasteiger partial charge >= 0.3 is 6.36 Å². The topological polar surface area (TPSA) is 96.7 Å². The number of hydrogen-bond donors (Lipinski definition) is 2. The zero-order chi connectivity index (χ0) is 26.9. The highest BCUT2D eigenvalue weighted by Gasteiger charge is 2.32. The summed E-state index contributed by atoms with van der Waals surface area (Å²) in [4.78, 5) is 24.9. The minimum absolute atomic E-state index is 0.0469. The molecule has 3 aromatic rings. The Morgan fingerprint density at radius 3 is 2.53 bits per heavy atom. The summed E-state index contributed by atoms with van der Waals surface area (Å²) >= 11 is 0. The molecule has 0 spiro atoms. The van der Waals surface area contributed by atoms with E-state index in [-0.39, 0.29) is 23.1 Å². The number of benzene rings is 1. The summed E-state index contributed by atoms with van der Waals surface area (Å²) in [6, 6.07) is 5.46. The van der Waals surface area contributed by atoms with Gasteiger partial charge in [0, 0.05) is 36.4 Å². The summed E-state index contributed by atoms with van der Waals surface area (Å²) in [7, 11) is 2.15. The van der Waals surface area contributed by atoms with Crippen LogP contribution in [0.2, 0.25) is 0 Å². The number of ether oxygens (including phenoxy) is 2. The van der Waals surface area contributed by atoms with Crippen LogP contribution in [-0.4, -0.2) is 71.9 Å². The van der Waals surface area contributed by atoms with E-state index in [1.807, 2.05) is 12.3 Å². The predicted molar refractivity (Wildman–Crippen MR) is 137 cm³/mol. The zero-order valence-corrected chi connectivity index (χ0v) is 21.3. The smallest absolute Gasteiger partial charge is 0.492 e. The van der Waals surface area contributed by atoms with Crippen LogP contribution in [0.15, 0.2) is 36.7 Å². The van der Waals surface area contributed by atoms with Crippen molar-refractivity contribution in [2.24, 2.45) is 5.92 Å². The molecule has 204 valence electrons. The number of rotatable bonds is 6. The molecular formula is C27H32F3N5O3. The number of piperidine rings is 2. The Labute approximate surface area is 218 Å². The van der Waals surface area contributed by atoms with Gasteiger partial charge in [0.2, 0.25) is 0 Å². The number of aromatic nitrogens is 2. The van der Waals surface area contributed by atoms with E-state index < -0.39 is 12.1 Å². The summed E-state index contributed by atoms with van der Waals surface area (Å²) in [5.41, 5.74) is 7.96. The van der Waals surface area contributed by atoms with Crippen molar-refractivity contribution in [1.82, 2.24) is 19.8 Å². The number of aromatic amines is 1. The first-order valence-electron chi connectivity index (χ1n) is 12.9. The molecule has 2 aromatic heterocycles. The number of fused-ring (bicyclic) bond motifs is 1. The molecule has 0 saturated carbocycles. The first-order chi connectivity index (χ1) is 18.2.